The van der Waals surface area contributed by atoms with E-state index in [4.69, 9.17) is 11.6 Å². The molecule has 5 rings (SSSR count). The Morgan fingerprint density at radius 3 is 2.08 bits per heavy atom. The van der Waals surface area contributed by atoms with E-state index in [1.54, 1.807) is 103 Å². The van der Waals surface area contributed by atoms with E-state index < -0.39 is 35.9 Å². The number of amides is 2. The van der Waals surface area contributed by atoms with Crippen molar-refractivity contribution in [2.24, 2.45) is 5.92 Å². The highest BCUT2D eigenvalue weighted by Crippen LogP contribution is 2.51. The lowest BCUT2D eigenvalue weighted by Crippen LogP contribution is -2.45. The first-order valence-electron chi connectivity index (χ1n) is 12.6. The highest BCUT2D eigenvalue weighted by Gasteiger charge is 2.57. The number of nitrogens with zero attached hydrogens (tertiary/aromatic N) is 2. The van der Waals surface area contributed by atoms with Crippen molar-refractivity contribution in [3.63, 3.8) is 0 Å². The highest BCUT2D eigenvalue weighted by molar-refractivity contribution is 6.30. The number of aliphatic carboxylic acids is 1. The summed E-state index contributed by atoms with van der Waals surface area (Å²) in [6.45, 7) is 0. The average molecular weight is 550 g/mol. The number of hydrogen-bond donors (Lipinski definition) is 2. The van der Waals surface area contributed by atoms with Crippen LogP contribution in [0, 0.1) is 17.2 Å². The summed E-state index contributed by atoms with van der Waals surface area (Å²) in [5, 5.41) is 23.1. The van der Waals surface area contributed by atoms with Crippen LogP contribution in [0.4, 0.5) is 10.5 Å². The molecule has 4 unspecified atom stereocenters. The molecule has 0 aromatic heterocycles. The van der Waals surface area contributed by atoms with E-state index in [-0.39, 0.29) is 5.78 Å². The Hall–Kier alpha value is -4.93. The Labute approximate surface area is 236 Å². The van der Waals surface area contributed by atoms with Gasteiger partial charge in [-0.1, -0.05) is 90.5 Å². The fraction of sp³-hybridized carbons (Fsp3) is 0.125. The van der Waals surface area contributed by atoms with Gasteiger partial charge in [0.15, 0.2) is 5.78 Å². The number of rotatable bonds is 6. The number of carboxylic acids is 1. The smallest absolute Gasteiger partial charge is 0.327 e. The minimum Gasteiger partial charge on any atom is -0.480 e. The maximum atomic E-state index is 14.3. The van der Waals surface area contributed by atoms with Crippen molar-refractivity contribution in [1.82, 2.24) is 4.90 Å². The summed E-state index contributed by atoms with van der Waals surface area (Å²) in [6, 6.07) is 29.7. The van der Waals surface area contributed by atoms with Gasteiger partial charge in [0.1, 0.15) is 6.04 Å². The Morgan fingerprint density at radius 2 is 1.48 bits per heavy atom. The van der Waals surface area contributed by atoms with Gasteiger partial charge < -0.3 is 15.3 Å². The van der Waals surface area contributed by atoms with Gasteiger partial charge in [0.05, 0.1) is 23.6 Å². The molecule has 1 fully saturated rings. The number of Topliss-reactive ketones (excluding diaryl/α,β-unsaturated/α-hetero) is 1. The molecule has 0 bridgehead atoms. The predicted molar refractivity (Wildman–Crippen MR) is 151 cm³/mol. The van der Waals surface area contributed by atoms with Crippen molar-refractivity contribution in [2.75, 3.05) is 5.32 Å². The molecular formula is C32H24ClN3O4. The number of nitrogens with one attached hydrogen (secondary N) is 1. The third-order valence-corrected chi connectivity index (χ3v) is 7.39. The molecule has 4 aromatic rings. The Bertz CT molecular complexity index is 1590. The summed E-state index contributed by atoms with van der Waals surface area (Å²) < 4.78 is 0. The lowest BCUT2D eigenvalue weighted by atomic mass is 9.76. The van der Waals surface area contributed by atoms with E-state index in [2.05, 4.69) is 11.4 Å². The molecule has 2 amide bonds. The number of ketones is 1. The predicted octanol–water partition coefficient (Wildman–Crippen LogP) is 6.54. The Morgan fingerprint density at radius 1 is 0.825 bits per heavy atom. The van der Waals surface area contributed by atoms with Crippen LogP contribution in [0.1, 0.15) is 39.0 Å². The molecule has 2 N–H and O–H groups in total. The lowest BCUT2D eigenvalue weighted by Gasteiger charge is -2.30. The SMILES string of the molecule is N#Cc1ccc(C2C(C(=O)c3ccccc3)C(c3ccccc3)C(C(=O)O)N2C(=O)Nc2cccc(Cl)c2)cc1. The molecule has 0 aliphatic carbocycles. The van der Waals surface area contributed by atoms with Gasteiger partial charge in [-0.2, -0.15) is 5.26 Å². The van der Waals surface area contributed by atoms with Gasteiger partial charge in [-0.25, -0.2) is 9.59 Å². The first-order valence-corrected chi connectivity index (χ1v) is 13.0. The molecule has 198 valence electrons. The van der Waals surface area contributed by atoms with Crippen LogP contribution < -0.4 is 5.32 Å². The van der Waals surface area contributed by atoms with Gasteiger partial charge in [0, 0.05) is 22.2 Å². The van der Waals surface area contributed by atoms with Crippen LogP contribution in [-0.2, 0) is 4.79 Å². The van der Waals surface area contributed by atoms with Crippen LogP contribution in [0.25, 0.3) is 0 Å². The largest absolute Gasteiger partial charge is 0.480 e. The van der Waals surface area contributed by atoms with Gasteiger partial charge in [-0.05, 0) is 41.5 Å². The van der Waals surface area contributed by atoms with Gasteiger partial charge in [0.25, 0.3) is 0 Å². The molecule has 8 heteroatoms. The molecule has 0 saturated carbocycles. The van der Waals surface area contributed by atoms with E-state index in [0.29, 0.717) is 33.0 Å². The number of carboxylic acid groups (broad SMARTS) is 1. The highest BCUT2D eigenvalue weighted by atomic mass is 35.5. The standard InChI is InChI=1S/C32H24ClN3O4/c33-24-12-7-13-25(18-24)35-32(40)36-28(22-16-14-20(19-34)15-17-22)27(30(37)23-10-5-2-6-11-23)26(29(36)31(38)39)21-8-3-1-4-9-21/h1-18,26-29H,(H,35,40)(H,38,39). The minimum absolute atomic E-state index is 0.284. The second-order valence-electron chi connectivity index (χ2n) is 9.50. The molecule has 1 aliphatic rings. The summed E-state index contributed by atoms with van der Waals surface area (Å²) in [7, 11) is 0. The van der Waals surface area contributed by atoms with Gasteiger partial charge >= 0.3 is 12.0 Å². The average Bonchev–Trinajstić information content (AvgIpc) is 3.34. The van der Waals surface area contributed by atoms with Crippen LogP contribution in [0.2, 0.25) is 5.02 Å². The molecule has 1 saturated heterocycles. The number of likely N-dealkylation sites (tertiary alicyclic amines) is 1. The van der Waals surface area contributed by atoms with Crippen molar-refractivity contribution in [2.45, 2.75) is 18.0 Å². The molecule has 40 heavy (non-hydrogen) atoms. The number of urea groups is 1. The lowest BCUT2D eigenvalue weighted by molar-refractivity contribution is -0.142. The molecule has 0 spiro atoms. The number of anilines is 1. The van der Waals surface area contributed by atoms with Crippen molar-refractivity contribution in [3.05, 3.63) is 136 Å². The zero-order chi connectivity index (χ0) is 28.2. The van der Waals surface area contributed by atoms with Crippen LogP contribution in [0.15, 0.2) is 109 Å². The maximum Gasteiger partial charge on any atom is 0.327 e. The molecule has 1 heterocycles. The first kappa shape index (κ1) is 26.7. The Balaban J connectivity index is 1.72. The van der Waals surface area contributed by atoms with Crippen molar-refractivity contribution >= 4 is 35.1 Å². The second kappa shape index (κ2) is 11.4. The van der Waals surface area contributed by atoms with Crippen molar-refractivity contribution in [1.29, 1.82) is 5.26 Å². The van der Waals surface area contributed by atoms with E-state index >= 15 is 0 Å². The van der Waals surface area contributed by atoms with Crippen LogP contribution in [-0.4, -0.2) is 33.8 Å². The van der Waals surface area contributed by atoms with Crippen LogP contribution in [0.5, 0.6) is 0 Å². The minimum atomic E-state index is -1.38. The summed E-state index contributed by atoms with van der Waals surface area (Å²) in [5.41, 5.74) is 2.36. The van der Waals surface area contributed by atoms with Gasteiger partial charge in [-0.3, -0.25) is 4.79 Å². The molecular weight excluding hydrogens is 526 g/mol. The fourth-order valence-corrected chi connectivity index (χ4v) is 5.67. The number of nitriles is 1. The second-order valence-corrected chi connectivity index (χ2v) is 9.94. The normalized spacial score (nSPS) is 19.9. The van der Waals surface area contributed by atoms with E-state index in [9.17, 15) is 24.8 Å². The van der Waals surface area contributed by atoms with Crippen molar-refractivity contribution < 1.29 is 19.5 Å². The summed E-state index contributed by atoms with van der Waals surface area (Å²) in [6.07, 6.45) is 0. The number of carbonyl (C=O) groups excluding carboxylic acids is 2. The summed E-state index contributed by atoms with van der Waals surface area (Å²) in [5.74, 6) is -3.33. The number of hydrogen-bond acceptors (Lipinski definition) is 4. The quantitative estimate of drug-likeness (QED) is 0.265. The van der Waals surface area contributed by atoms with Gasteiger partial charge in [0.2, 0.25) is 0 Å². The number of carbonyl (C=O) groups is 3. The Kier molecular flexibility index (Phi) is 7.63. The summed E-state index contributed by atoms with van der Waals surface area (Å²) >= 11 is 6.13. The molecule has 4 atom stereocenters. The third-order valence-electron chi connectivity index (χ3n) is 7.16. The third kappa shape index (κ3) is 5.18. The molecule has 7 nitrogen and oxygen atoms in total. The van der Waals surface area contributed by atoms with Crippen LogP contribution >= 0.6 is 11.6 Å². The number of benzene rings is 4. The van der Waals surface area contributed by atoms with E-state index in [1.807, 2.05) is 6.07 Å². The maximum absolute atomic E-state index is 14.3. The van der Waals surface area contributed by atoms with Crippen LogP contribution in [0.3, 0.4) is 0 Å². The molecule has 0 radical (unpaired) electrons. The van der Waals surface area contributed by atoms with Crippen molar-refractivity contribution in [3.8, 4) is 6.07 Å². The topological polar surface area (TPSA) is 110 Å². The van der Waals surface area contributed by atoms with E-state index in [0.717, 1.165) is 0 Å². The summed E-state index contributed by atoms with van der Waals surface area (Å²) in [4.78, 5) is 42.5. The monoisotopic (exact) mass is 549 g/mol. The zero-order valence-corrected chi connectivity index (χ0v) is 21.9. The number of halogens is 1. The fourth-order valence-electron chi connectivity index (χ4n) is 5.48. The zero-order valence-electron chi connectivity index (χ0n) is 21.1. The van der Waals surface area contributed by atoms with Gasteiger partial charge in [-0.15, -0.1) is 0 Å². The first-order chi connectivity index (χ1) is 19.4. The molecule has 4 aromatic carbocycles. The molecule has 1 aliphatic heterocycles. The van der Waals surface area contributed by atoms with E-state index in [1.165, 1.54) is 4.90 Å².